The maximum atomic E-state index is 5.64. The lowest BCUT2D eigenvalue weighted by atomic mass is 10.1. The summed E-state index contributed by atoms with van der Waals surface area (Å²) in [4.78, 5) is 2.37. The number of nitrogens with two attached hydrogens (primary N) is 1. The third kappa shape index (κ3) is 5.09. The molecule has 0 spiro atoms. The molecule has 2 N–H and O–H groups in total. The van der Waals surface area contributed by atoms with Crippen LogP contribution >= 0.6 is 11.8 Å². The van der Waals surface area contributed by atoms with Gasteiger partial charge in [-0.2, -0.15) is 11.8 Å². The molecule has 0 radical (unpaired) electrons. The number of hydrogen-bond acceptors (Lipinski definition) is 3. The van der Waals surface area contributed by atoms with Gasteiger partial charge in [0.05, 0.1) is 0 Å². The van der Waals surface area contributed by atoms with Crippen molar-refractivity contribution in [2.24, 2.45) is 0 Å². The van der Waals surface area contributed by atoms with E-state index in [-0.39, 0.29) is 0 Å². The zero-order chi connectivity index (χ0) is 11.1. The van der Waals surface area contributed by atoms with E-state index < -0.39 is 0 Å². The van der Waals surface area contributed by atoms with Crippen molar-refractivity contribution in [1.82, 2.24) is 4.90 Å². The molecule has 0 amide bonds. The second-order valence-electron chi connectivity index (χ2n) is 3.79. The molecule has 2 nitrogen and oxygen atoms in total. The highest BCUT2D eigenvalue weighted by molar-refractivity contribution is 7.98. The van der Waals surface area contributed by atoms with Crippen molar-refractivity contribution in [3.63, 3.8) is 0 Å². The second kappa shape index (κ2) is 6.75. The molecule has 0 heterocycles. The fourth-order valence-electron chi connectivity index (χ4n) is 1.36. The van der Waals surface area contributed by atoms with Crippen LogP contribution in [0.25, 0.3) is 0 Å². The van der Waals surface area contributed by atoms with Gasteiger partial charge in [0.25, 0.3) is 0 Å². The molecule has 0 fully saturated rings. The first-order valence-corrected chi connectivity index (χ1v) is 6.63. The largest absolute Gasteiger partial charge is 0.399 e. The van der Waals surface area contributed by atoms with Gasteiger partial charge >= 0.3 is 0 Å². The van der Waals surface area contributed by atoms with Gasteiger partial charge in [0, 0.05) is 24.5 Å². The van der Waals surface area contributed by atoms with Crippen molar-refractivity contribution in [3.8, 4) is 0 Å². The summed E-state index contributed by atoms with van der Waals surface area (Å²) in [7, 11) is 2.17. The van der Waals surface area contributed by atoms with Crippen molar-refractivity contribution in [2.75, 3.05) is 37.9 Å². The molecule has 0 aromatic heterocycles. The highest BCUT2D eigenvalue weighted by atomic mass is 32.2. The molecule has 0 saturated heterocycles. The predicted molar refractivity (Wildman–Crippen MR) is 70.4 cm³/mol. The van der Waals surface area contributed by atoms with E-state index >= 15 is 0 Å². The van der Waals surface area contributed by atoms with Crippen LogP contribution in [0.4, 0.5) is 5.69 Å². The van der Waals surface area contributed by atoms with Crippen molar-refractivity contribution in [3.05, 3.63) is 29.8 Å². The van der Waals surface area contributed by atoms with Crippen LogP contribution in [0.2, 0.25) is 0 Å². The predicted octanol–water partition coefficient (Wildman–Crippen LogP) is 2.11. The molecular formula is C12H20N2S. The van der Waals surface area contributed by atoms with E-state index in [1.165, 1.54) is 11.3 Å². The molecule has 0 aliphatic heterocycles. The van der Waals surface area contributed by atoms with Gasteiger partial charge in [0.2, 0.25) is 0 Å². The number of nitrogens with zero attached hydrogens (tertiary/aromatic N) is 1. The Morgan fingerprint density at radius 3 is 2.47 bits per heavy atom. The normalized spacial score (nSPS) is 10.9. The van der Waals surface area contributed by atoms with Crippen LogP contribution in [-0.2, 0) is 6.42 Å². The molecule has 1 rings (SSSR count). The lowest BCUT2D eigenvalue weighted by Gasteiger charge is -2.15. The van der Waals surface area contributed by atoms with Gasteiger partial charge in [-0.05, 0) is 37.4 Å². The Bertz CT molecular complexity index is 271. The summed E-state index contributed by atoms with van der Waals surface area (Å²) in [6.07, 6.45) is 3.25. The Labute approximate surface area is 96.8 Å². The summed E-state index contributed by atoms with van der Waals surface area (Å²) < 4.78 is 0. The zero-order valence-corrected chi connectivity index (χ0v) is 10.4. The topological polar surface area (TPSA) is 29.3 Å². The van der Waals surface area contributed by atoms with Crippen LogP contribution in [0.1, 0.15) is 5.56 Å². The number of anilines is 1. The fraction of sp³-hybridized carbons (Fsp3) is 0.500. The van der Waals surface area contributed by atoms with Crippen molar-refractivity contribution >= 4 is 17.4 Å². The van der Waals surface area contributed by atoms with Crippen molar-refractivity contribution in [1.29, 1.82) is 0 Å². The van der Waals surface area contributed by atoms with Crippen LogP contribution < -0.4 is 5.73 Å². The quantitative estimate of drug-likeness (QED) is 0.750. The van der Waals surface area contributed by atoms with E-state index in [4.69, 9.17) is 5.73 Å². The first-order valence-electron chi connectivity index (χ1n) is 5.24. The summed E-state index contributed by atoms with van der Waals surface area (Å²) >= 11 is 1.90. The number of rotatable bonds is 6. The summed E-state index contributed by atoms with van der Waals surface area (Å²) in [5, 5.41) is 0. The Balaban J connectivity index is 2.27. The average Bonchev–Trinajstić information content (AvgIpc) is 2.25. The molecule has 0 aliphatic rings. The molecule has 0 atom stereocenters. The van der Waals surface area contributed by atoms with Gasteiger partial charge in [-0.25, -0.2) is 0 Å². The van der Waals surface area contributed by atoms with Gasteiger partial charge < -0.3 is 10.6 Å². The van der Waals surface area contributed by atoms with Crippen molar-refractivity contribution < 1.29 is 0 Å². The maximum absolute atomic E-state index is 5.64. The molecule has 0 unspecified atom stereocenters. The third-order valence-electron chi connectivity index (χ3n) is 2.44. The second-order valence-corrected chi connectivity index (χ2v) is 4.77. The lowest BCUT2D eigenvalue weighted by Crippen LogP contribution is -2.23. The summed E-state index contributed by atoms with van der Waals surface area (Å²) in [6.45, 7) is 2.28. The average molecular weight is 224 g/mol. The number of thioether (sulfide) groups is 1. The first kappa shape index (κ1) is 12.4. The van der Waals surface area contributed by atoms with E-state index in [1.54, 1.807) is 0 Å². The minimum absolute atomic E-state index is 0.842. The molecule has 1 aromatic carbocycles. The molecule has 1 aromatic rings. The SMILES string of the molecule is CSCCN(C)CCc1ccc(N)cc1. The minimum atomic E-state index is 0.842. The van der Waals surface area contributed by atoms with E-state index in [1.807, 2.05) is 23.9 Å². The number of benzene rings is 1. The Hall–Kier alpha value is -0.670. The first-order chi connectivity index (χ1) is 7.22. The number of hydrogen-bond donors (Lipinski definition) is 1. The van der Waals surface area contributed by atoms with Gasteiger partial charge in [0.15, 0.2) is 0 Å². The lowest BCUT2D eigenvalue weighted by molar-refractivity contribution is 0.360. The fourth-order valence-corrected chi connectivity index (χ4v) is 1.86. The standard InChI is InChI=1S/C12H20N2S/c1-14(9-10-15-2)8-7-11-3-5-12(13)6-4-11/h3-6H,7-10,13H2,1-2H3. The molecule has 0 saturated carbocycles. The molecule has 0 bridgehead atoms. The summed E-state index contributed by atoms with van der Waals surface area (Å²) in [5.41, 5.74) is 7.84. The van der Waals surface area contributed by atoms with E-state index in [0.717, 1.165) is 25.2 Å². The Morgan fingerprint density at radius 2 is 1.87 bits per heavy atom. The Kier molecular flexibility index (Phi) is 5.58. The van der Waals surface area contributed by atoms with Crippen LogP contribution in [-0.4, -0.2) is 37.0 Å². The van der Waals surface area contributed by atoms with Crippen LogP contribution in [0.3, 0.4) is 0 Å². The van der Waals surface area contributed by atoms with Crippen LogP contribution in [0.15, 0.2) is 24.3 Å². The van der Waals surface area contributed by atoms with E-state index in [2.05, 4.69) is 30.3 Å². The smallest absolute Gasteiger partial charge is 0.0314 e. The zero-order valence-electron chi connectivity index (χ0n) is 9.57. The summed E-state index contributed by atoms with van der Waals surface area (Å²) in [5.74, 6) is 1.21. The van der Waals surface area contributed by atoms with E-state index in [9.17, 15) is 0 Å². The van der Waals surface area contributed by atoms with Crippen LogP contribution in [0, 0.1) is 0 Å². The highest BCUT2D eigenvalue weighted by Crippen LogP contribution is 2.06. The number of nitrogen functional groups attached to an aromatic ring is 1. The molecule has 3 heteroatoms. The molecule has 15 heavy (non-hydrogen) atoms. The van der Waals surface area contributed by atoms with Gasteiger partial charge in [-0.15, -0.1) is 0 Å². The third-order valence-corrected chi connectivity index (χ3v) is 3.03. The molecule has 84 valence electrons. The van der Waals surface area contributed by atoms with Crippen molar-refractivity contribution in [2.45, 2.75) is 6.42 Å². The minimum Gasteiger partial charge on any atom is -0.399 e. The highest BCUT2D eigenvalue weighted by Gasteiger charge is 1.98. The summed E-state index contributed by atoms with van der Waals surface area (Å²) in [6, 6.07) is 8.16. The molecular weight excluding hydrogens is 204 g/mol. The van der Waals surface area contributed by atoms with E-state index in [0.29, 0.717) is 0 Å². The monoisotopic (exact) mass is 224 g/mol. The molecule has 0 aliphatic carbocycles. The number of likely N-dealkylation sites (N-methyl/N-ethyl adjacent to an activating group) is 1. The maximum Gasteiger partial charge on any atom is 0.0314 e. The van der Waals surface area contributed by atoms with Gasteiger partial charge in [-0.1, -0.05) is 12.1 Å². The van der Waals surface area contributed by atoms with Gasteiger partial charge in [0.1, 0.15) is 0 Å². The Morgan fingerprint density at radius 1 is 1.20 bits per heavy atom. The van der Waals surface area contributed by atoms with Gasteiger partial charge in [-0.3, -0.25) is 0 Å². The van der Waals surface area contributed by atoms with Crippen LogP contribution in [0.5, 0.6) is 0 Å².